The highest BCUT2D eigenvalue weighted by Gasteiger charge is 2.36. The molecule has 4 nitrogen and oxygen atoms in total. The maximum atomic E-state index is 13.5. The molecule has 0 bridgehead atoms. The molecule has 4 heteroatoms. The van der Waals surface area contributed by atoms with Crippen LogP contribution in [0, 0.1) is 0 Å². The van der Waals surface area contributed by atoms with Gasteiger partial charge in [-0.1, -0.05) is 75.1 Å². The maximum absolute atomic E-state index is 13.5. The van der Waals surface area contributed by atoms with Crippen molar-refractivity contribution in [1.29, 1.82) is 0 Å². The van der Waals surface area contributed by atoms with E-state index < -0.39 is 0 Å². The van der Waals surface area contributed by atoms with Crippen LogP contribution in [0.15, 0.2) is 60.7 Å². The summed E-state index contributed by atoms with van der Waals surface area (Å²) in [6.07, 6.45) is 5.70. The highest BCUT2D eigenvalue weighted by Crippen LogP contribution is 2.41. The first-order valence-corrected chi connectivity index (χ1v) is 11.9. The number of nitrogens with one attached hydrogen (secondary N) is 1. The van der Waals surface area contributed by atoms with Gasteiger partial charge in [0.05, 0.1) is 12.2 Å². The number of hydrogen-bond acceptors (Lipinski definition) is 3. The van der Waals surface area contributed by atoms with Crippen molar-refractivity contribution in [2.75, 3.05) is 11.9 Å². The van der Waals surface area contributed by atoms with Gasteiger partial charge in [0.1, 0.15) is 11.9 Å². The average Bonchev–Trinajstić information content (AvgIpc) is 2.80. The summed E-state index contributed by atoms with van der Waals surface area (Å²) in [5, 5.41) is 5.92. The highest BCUT2D eigenvalue weighted by atomic mass is 16.5. The zero-order valence-corrected chi connectivity index (χ0v) is 19.4. The number of anilines is 1. The zero-order chi connectivity index (χ0) is 22.5. The van der Waals surface area contributed by atoms with Gasteiger partial charge < -0.3 is 15.0 Å². The standard InChI is InChI=1S/C28H34N2O2/c1-4-5-6-7-12-19-32-25-18-17-21-13-8-9-14-22(21)26(25)27-29-24-16-11-10-15-23(24)28(31)30(27)20(2)3/h8-11,13-18,20,27,29H,4-7,12,19H2,1-3H3. The number of rotatable bonds is 9. The van der Waals surface area contributed by atoms with Gasteiger partial charge in [0, 0.05) is 17.3 Å². The lowest BCUT2D eigenvalue weighted by Gasteiger charge is -2.41. The second-order valence-electron chi connectivity index (χ2n) is 8.86. The molecule has 1 N–H and O–H groups in total. The van der Waals surface area contributed by atoms with Crippen LogP contribution in [0.3, 0.4) is 0 Å². The van der Waals surface area contributed by atoms with E-state index in [1.54, 1.807) is 0 Å². The number of benzene rings is 3. The van der Waals surface area contributed by atoms with Crippen LogP contribution in [0.4, 0.5) is 5.69 Å². The van der Waals surface area contributed by atoms with Crippen LogP contribution in [0.1, 0.15) is 75.0 Å². The van der Waals surface area contributed by atoms with Gasteiger partial charge in [-0.05, 0) is 49.2 Å². The number of unbranched alkanes of at least 4 members (excludes halogenated alkanes) is 4. The second kappa shape index (κ2) is 10.1. The van der Waals surface area contributed by atoms with Crippen LogP contribution >= 0.6 is 0 Å². The minimum atomic E-state index is -0.293. The van der Waals surface area contributed by atoms with E-state index in [-0.39, 0.29) is 18.1 Å². The number of fused-ring (bicyclic) bond motifs is 2. The van der Waals surface area contributed by atoms with Gasteiger partial charge in [0.25, 0.3) is 5.91 Å². The Labute approximate surface area is 191 Å². The molecule has 0 saturated heterocycles. The van der Waals surface area contributed by atoms with Crippen LogP contribution in [-0.2, 0) is 0 Å². The number of nitrogens with zero attached hydrogens (tertiary/aromatic N) is 1. The summed E-state index contributed by atoms with van der Waals surface area (Å²) in [6.45, 7) is 7.06. The van der Waals surface area contributed by atoms with Gasteiger partial charge in [-0.2, -0.15) is 0 Å². The molecule has 32 heavy (non-hydrogen) atoms. The smallest absolute Gasteiger partial charge is 0.258 e. The van der Waals surface area contributed by atoms with Gasteiger partial charge in [-0.25, -0.2) is 0 Å². The molecule has 0 radical (unpaired) electrons. The number of carbonyl (C=O) groups is 1. The molecule has 1 heterocycles. The Morgan fingerprint density at radius 1 is 0.938 bits per heavy atom. The number of amides is 1. The van der Waals surface area contributed by atoms with E-state index in [2.05, 4.69) is 62.5 Å². The first kappa shape index (κ1) is 22.2. The van der Waals surface area contributed by atoms with E-state index >= 15 is 0 Å². The molecule has 3 aromatic rings. The third kappa shape index (κ3) is 4.45. The Bertz CT molecular complexity index is 1080. The van der Waals surface area contributed by atoms with E-state index in [0.717, 1.165) is 39.8 Å². The zero-order valence-electron chi connectivity index (χ0n) is 19.4. The van der Waals surface area contributed by atoms with E-state index in [4.69, 9.17) is 4.74 Å². The number of para-hydroxylation sites is 1. The van der Waals surface area contributed by atoms with Crippen LogP contribution in [0.2, 0.25) is 0 Å². The summed E-state index contributed by atoms with van der Waals surface area (Å²) in [6, 6.07) is 20.3. The lowest BCUT2D eigenvalue weighted by molar-refractivity contribution is 0.0615. The first-order chi connectivity index (χ1) is 15.6. The van der Waals surface area contributed by atoms with Gasteiger partial charge >= 0.3 is 0 Å². The summed E-state index contributed by atoms with van der Waals surface area (Å²) in [4.78, 5) is 15.4. The third-order valence-electron chi connectivity index (χ3n) is 6.23. The fraction of sp³-hybridized carbons (Fsp3) is 0.393. The summed E-state index contributed by atoms with van der Waals surface area (Å²) in [7, 11) is 0. The fourth-order valence-corrected chi connectivity index (χ4v) is 4.58. The molecular weight excluding hydrogens is 396 g/mol. The van der Waals surface area contributed by atoms with Crippen molar-refractivity contribution < 1.29 is 9.53 Å². The molecule has 1 atom stereocenters. The summed E-state index contributed by atoms with van der Waals surface area (Å²) in [5.74, 6) is 0.910. The van der Waals surface area contributed by atoms with E-state index in [9.17, 15) is 4.79 Å². The van der Waals surface area contributed by atoms with Crippen molar-refractivity contribution in [3.8, 4) is 5.75 Å². The number of hydrogen-bond donors (Lipinski definition) is 1. The Hall–Kier alpha value is -3.01. The van der Waals surface area contributed by atoms with Crippen LogP contribution < -0.4 is 10.1 Å². The van der Waals surface area contributed by atoms with Gasteiger partial charge in [0.2, 0.25) is 0 Å². The Balaban J connectivity index is 1.73. The van der Waals surface area contributed by atoms with Crippen molar-refractivity contribution in [3.63, 3.8) is 0 Å². The van der Waals surface area contributed by atoms with Crippen molar-refractivity contribution in [2.45, 2.75) is 65.1 Å². The molecule has 0 fully saturated rings. The molecule has 1 amide bonds. The van der Waals surface area contributed by atoms with E-state index in [1.807, 2.05) is 29.2 Å². The highest BCUT2D eigenvalue weighted by molar-refractivity contribution is 6.02. The fourth-order valence-electron chi connectivity index (χ4n) is 4.58. The molecule has 0 spiro atoms. The lowest BCUT2D eigenvalue weighted by atomic mass is 9.96. The minimum Gasteiger partial charge on any atom is -0.493 e. The third-order valence-corrected chi connectivity index (χ3v) is 6.23. The van der Waals surface area contributed by atoms with Crippen molar-refractivity contribution in [3.05, 3.63) is 71.8 Å². The minimum absolute atomic E-state index is 0.0363. The molecule has 0 aliphatic carbocycles. The largest absolute Gasteiger partial charge is 0.493 e. The SMILES string of the molecule is CCCCCCCOc1ccc2ccccc2c1C1Nc2ccccc2C(=O)N1C(C)C. The summed E-state index contributed by atoms with van der Waals surface area (Å²) < 4.78 is 6.35. The monoisotopic (exact) mass is 430 g/mol. The average molecular weight is 431 g/mol. The van der Waals surface area contributed by atoms with E-state index in [0.29, 0.717) is 6.61 Å². The molecule has 0 saturated carbocycles. The predicted octanol–water partition coefficient (Wildman–Crippen LogP) is 7.16. The molecule has 1 aliphatic rings. The van der Waals surface area contributed by atoms with Crippen LogP contribution in [-0.4, -0.2) is 23.5 Å². The first-order valence-electron chi connectivity index (χ1n) is 11.9. The lowest BCUT2D eigenvalue weighted by Crippen LogP contribution is -2.46. The van der Waals surface area contributed by atoms with Crippen molar-refractivity contribution in [2.24, 2.45) is 0 Å². The van der Waals surface area contributed by atoms with E-state index in [1.165, 1.54) is 25.7 Å². The van der Waals surface area contributed by atoms with Gasteiger partial charge in [-0.3, -0.25) is 4.79 Å². The van der Waals surface area contributed by atoms with Gasteiger partial charge in [0.15, 0.2) is 0 Å². The van der Waals surface area contributed by atoms with Crippen LogP contribution in [0.5, 0.6) is 5.75 Å². The molecular formula is C28H34N2O2. The van der Waals surface area contributed by atoms with Crippen molar-refractivity contribution >= 4 is 22.4 Å². The molecule has 1 unspecified atom stereocenters. The second-order valence-corrected chi connectivity index (χ2v) is 8.86. The number of ether oxygens (including phenoxy) is 1. The topological polar surface area (TPSA) is 41.6 Å². The summed E-state index contributed by atoms with van der Waals surface area (Å²) in [5.41, 5.74) is 2.63. The molecule has 168 valence electrons. The Kier molecular flexibility index (Phi) is 6.99. The molecule has 0 aromatic heterocycles. The molecule has 3 aromatic carbocycles. The quantitative estimate of drug-likeness (QED) is 0.366. The van der Waals surface area contributed by atoms with Crippen LogP contribution in [0.25, 0.3) is 10.8 Å². The maximum Gasteiger partial charge on any atom is 0.258 e. The molecule has 1 aliphatic heterocycles. The summed E-state index contributed by atoms with van der Waals surface area (Å²) >= 11 is 0. The van der Waals surface area contributed by atoms with Gasteiger partial charge in [-0.15, -0.1) is 0 Å². The number of carbonyl (C=O) groups excluding carboxylic acids is 1. The predicted molar refractivity (Wildman–Crippen MR) is 132 cm³/mol. The normalized spacial score (nSPS) is 15.7. The molecule has 4 rings (SSSR count). The Morgan fingerprint density at radius 2 is 1.69 bits per heavy atom. The Morgan fingerprint density at radius 3 is 2.50 bits per heavy atom. The van der Waals surface area contributed by atoms with Crippen molar-refractivity contribution in [1.82, 2.24) is 4.90 Å².